The van der Waals surface area contributed by atoms with Crippen LogP contribution in [0.2, 0.25) is 0 Å². The van der Waals surface area contributed by atoms with Gasteiger partial charge >= 0.3 is 0 Å². The largest absolute Gasteiger partial charge is 0.309 e. The molecule has 4 heteroatoms. The second kappa shape index (κ2) is 11.1. The molecule has 8 aromatic carbocycles. The summed E-state index contributed by atoms with van der Waals surface area (Å²) in [5.41, 5.74) is 15.4. The lowest BCUT2D eigenvalue weighted by Crippen LogP contribution is -1.96. The summed E-state index contributed by atoms with van der Waals surface area (Å²) in [7, 11) is 0. The van der Waals surface area contributed by atoms with Crippen LogP contribution in [0.4, 0.5) is 0 Å². The van der Waals surface area contributed by atoms with Gasteiger partial charge in [0.05, 0.1) is 38.6 Å². The molecule has 0 fully saturated rings. The van der Waals surface area contributed by atoms with E-state index in [9.17, 15) is 0 Å². The maximum atomic E-state index is 2.50. The standard InChI is InChI=1S/C50H32N4/c1-4-16-33(17-5-1)49-41-31-40-38-23-11-13-25-43(38)52(35-20-8-3-9-21-35)47(40)32-48(41)54-46-27-15-14-26-45(46)53(50(49)54)36-28-29-44-39(30-36)37-22-10-12-24-42(37)51(44)34-18-6-2-7-19-34/h1-32H. The van der Waals surface area contributed by atoms with Crippen LogP contribution in [0.25, 0.3) is 99.4 Å². The molecule has 12 rings (SSSR count). The van der Waals surface area contributed by atoms with Crippen LogP contribution in [0.1, 0.15) is 0 Å². The maximum absolute atomic E-state index is 2.50. The van der Waals surface area contributed by atoms with Crippen molar-refractivity contribution in [2.24, 2.45) is 0 Å². The van der Waals surface area contributed by atoms with Crippen LogP contribution in [0.3, 0.4) is 0 Å². The zero-order valence-electron chi connectivity index (χ0n) is 29.3. The first-order chi connectivity index (χ1) is 26.8. The predicted octanol–water partition coefficient (Wildman–Crippen LogP) is 12.9. The lowest BCUT2D eigenvalue weighted by molar-refractivity contribution is 1.14. The quantitative estimate of drug-likeness (QED) is 0.175. The van der Waals surface area contributed by atoms with Gasteiger partial charge < -0.3 is 9.13 Å². The Kier molecular flexibility index (Phi) is 6.02. The van der Waals surface area contributed by atoms with E-state index in [2.05, 4.69) is 212 Å². The Hall–Kier alpha value is -7.30. The highest BCUT2D eigenvalue weighted by Crippen LogP contribution is 2.45. The first kappa shape index (κ1) is 29.3. The molecule has 4 nitrogen and oxygen atoms in total. The first-order valence-electron chi connectivity index (χ1n) is 18.5. The SMILES string of the molecule is c1ccc(-c2c3cc4c5ccccc5n(-c5ccccc5)c4cc3n3c4ccccc4n(-c4ccc5c(c4)c4ccccc4n5-c4ccccc4)c23)cc1. The molecule has 0 spiro atoms. The average molecular weight is 689 g/mol. The Bertz CT molecular complexity index is 3410. The molecule has 252 valence electrons. The van der Waals surface area contributed by atoms with E-state index in [0.29, 0.717) is 0 Å². The van der Waals surface area contributed by atoms with Crippen molar-refractivity contribution in [1.29, 1.82) is 0 Å². The van der Waals surface area contributed by atoms with E-state index < -0.39 is 0 Å². The van der Waals surface area contributed by atoms with Gasteiger partial charge in [-0.25, -0.2) is 0 Å². The van der Waals surface area contributed by atoms with Gasteiger partial charge in [-0.3, -0.25) is 8.97 Å². The number of aromatic nitrogens is 4. The minimum absolute atomic E-state index is 1.13. The molecule has 0 bridgehead atoms. The molecule has 0 aliphatic rings. The van der Waals surface area contributed by atoms with Crippen LogP contribution in [0.15, 0.2) is 194 Å². The Morgan fingerprint density at radius 2 is 0.759 bits per heavy atom. The van der Waals surface area contributed by atoms with Crippen molar-refractivity contribution in [3.05, 3.63) is 194 Å². The van der Waals surface area contributed by atoms with E-state index in [1.807, 2.05) is 0 Å². The summed E-state index contributed by atoms with van der Waals surface area (Å²) in [5, 5.41) is 6.21. The number of benzene rings is 8. The van der Waals surface area contributed by atoms with E-state index in [4.69, 9.17) is 0 Å². The molecule has 0 saturated carbocycles. The lowest BCUT2D eigenvalue weighted by atomic mass is 10.0. The zero-order chi connectivity index (χ0) is 35.3. The fourth-order valence-corrected chi connectivity index (χ4v) is 9.11. The normalized spacial score (nSPS) is 12.1. The number of imidazole rings is 1. The highest BCUT2D eigenvalue weighted by molar-refractivity contribution is 6.19. The van der Waals surface area contributed by atoms with Gasteiger partial charge in [0.15, 0.2) is 0 Å². The van der Waals surface area contributed by atoms with Crippen molar-refractivity contribution in [3.63, 3.8) is 0 Å². The van der Waals surface area contributed by atoms with Crippen molar-refractivity contribution in [2.45, 2.75) is 0 Å². The number of nitrogens with zero attached hydrogens (tertiary/aromatic N) is 4. The van der Waals surface area contributed by atoms with E-state index in [1.165, 1.54) is 76.7 Å². The number of hydrogen-bond donors (Lipinski definition) is 0. The molecular formula is C50H32N4. The van der Waals surface area contributed by atoms with Gasteiger partial charge in [0.1, 0.15) is 5.65 Å². The van der Waals surface area contributed by atoms with Crippen LogP contribution in [-0.2, 0) is 0 Å². The van der Waals surface area contributed by atoms with Crippen LogP contribution >= 0.6 is 0 Å². The van der Waals surface area contributed by atoms with Gasteiger partial charge in [-0.2, -0.15) is 0 Å². The van der Waals surface area contributed by atoms with Crippen molar-refractivity contribution in [3.8, 4) is 28.2 Å². The average Bonchev–Trinajstić information content (AvgIpc) is 3.95. The van der Waals surface area contributed by atoms with Gasteiger partial charge in [0.2, 0.25) is 0 Å². The molecule has 12 aromatic rings. The van der Waals surface area contributed by atoms with Crippen molar-refractivity contribution < 1.29 is 0 Å². The summed E-state index contributed by atoms with van der Waals surface area (Å²) in [6.45, 7) is 0. The van der Waals surface area contributed by atoms with Crippen LogP contribution < -0.4 is 0 Å². The zero-order valence-corrected chi connectivity index (χ0v) is 29.3. The van der Waals surface area contributed by atoms with Gasteiger partial charge in [0.25, 0.3) is 0 Å². The lowest BCUT2D eigenvalue weighted by Gasteiger charge is -2.11. The molecule has 0 aliphatic heterocycles. The summed E-state index contributed by atoms with van der Waals surface area (Å²) in [6, 6.07) is 70.6. The second-order valence-electron chi connectivity index (χ2n) is 14.2. The Morgan fingerprint density at radius 3 is 1.41 bits per heavy atom. The molecule has 0 radical (unpaired) electrons. The summed E-state index contributed by atoms with van der Waals surface area (Å²) in [6.07, 6.45) is 0. The topological polar surface area (TPSA) is 19.2 Å². The monoisotopic (exact) mass is 688 g/mol. The third-order valence-corrected chi connectivity index (χ3v) is 11.3. The fraction of sp³-hybridized carbons (Fsp3) is 0. The molecule has 0 unspecified atom stereocenters. The maximum Gasteiger partial charge on any atom is 0.131 e. The van der Waals surface area contributed by atoms with Gasteiger partial charge in [-0.05, 0) is 84.4 Å². The van der Waals surface area contributed by atoms with Gasteiger partial charge in [-0.15, -0.1) is 0 Å². The molecule has 0 amide bonds. The highest BCUT2D eigenvalue weighted by Gasteiger charge is 2.25. The second-order valence-corrected chi connectivity index (χ2v) is 14.2. The highest BCUT2D eigenvalue weighted by atomic mass is 15.1. The number of hydrogen-bond acceptors (Lipinski definition) is 0. The summed E-state index contributed by atoms with van der Waals surface area (Å²) < 4.78 is 9.79. The molecule has 0 atom stereocenters. The van der Waals surface area contributed by atoms with Crippen molar-refractivity contribution in [2.75, 3.05) is 0 Å². The number of para-hydroxylation sites is 6. The van der Waals surface area contributed by atoms with Crippen molar-refractivity contribution >= 4 is 71.2 Å². The predicted molar refractivity (Wildman–Crippen MR) is 226 cm³/mol. The Morgan fingerprint density at radius 1 is 0.259 bits per heavy atom. The fourth-order valence-electron chi connectivity index (χ4n) is 9.11. The summed E-state index contributed by atoms with van der Waals surface area (Å²) >= 11 is 0. The Labute approximate surface area is 310 Å². The molecule has 4 aromatic heterocycles. The van der Waals surface area contributed by atoms with Crippen LogP contribution in [-0.4, -0.2) is 18.1 Å². The summed E-state index contributed by atoms with van der Waals surface area (Å²) in [4.78, 5) is 0. The first-order valence-corrected chi connectivity index (χ1v) is 18.5. The minimum Gasteiger partial charge on any atom is -0.309 e. The number of fused-ring (bicyclic) bond motifs is 11. The van der Waals surface area contributed by atoms with E-state index in [1.54, 1.807) is 0 Å². The van der Waals surface area contributed by atoms with E-state index in [0.717, 1.165) is 22.7 Å². The van der Waals surface area contributed by atoms with Gasteiger partial charge in [-0.1, -0.05) is 115 Å². The van der Waals surface area contributed by atoms with E-state index in [-0.39, 0.29) is 0 Å². The Balaban J connectivity index is 1.24. The third-order valence-electron chi connectivity index (χ3n) is 11.3. The molecule has 0 saturated heterocycles. The number of rotatable bonds is 4. The third kappa shape index (κ3) is 3.97. The van der Waals surface area contributed by atoms with E-state index >= 15 is 0 Å². The summed E-state index contributed by atoms with van der Waals surface area (Å²) in [5.74, 6) is 0. The van der Waals surface area contributed by atoms with Crippen molar-refractivity contribution in [1.82, 2.24) is 18.1 Å². The van der Waals surface area contributed by atoms with Crippen LogP contribution in [0, 0.1) is 0 Å². The molecular weight excluding hydrogens is 657 g/mol. The smallest absolute Gasteiger partial charge is 0.131 e. The van der Waals surface area contributed by atoms with Gasteiger partial charge in [0, 0.05) is 49.6 Å². The molecule has 0 N–H and O–H groups in total. The molecule has 0 aliphatic carbocycles. The minimum atomic E-state index is 1.13. The molecule has 54 heavy (non-hydrogen) atoms. The van der Waals surface area contributed by atoms with Crippen LogP contribution in [0.5, 0.6) is 0 Å². The molecule has 4 heterocycles.